The summed E-state index contributed by atoms with van der Waals surface area (Å²) in [4.78, 5) is 29.3. The summed E-state index contributed by atoms with van der Waals surface area (Å²) in [5.74, 6) is -4.45. The summed E-state index contributed by atoms with van der Waals surface area (Å²) in [5, 5.41) is 18.8. The van der Waals surface area contributed by atoms with Crippen LogP contribution >= 0.6 is 11.6 Å². The number of aromatic amines is 1. The Kier molecular flexibility index (Phi) is 8.13. The van der Waals surface area contributed by atoms with E-state index in [2.05, 4.69) is 20.3 Å². The Bertz CT molecular complexity index is 1300. The van der Waals surface area contributed by atoms with E-state index >= 15 is 4.39 Å². The Morgan fingerprint density at radius 2 is 2.06 bits per heavy atom. The largest absolute Gasteiger partial charge is 0.464 e. The number of aromatic nitrogens is 6. The van der Waals surface area contributed by atoms with E-state index in [1.807, 2.05) is 0 Å². The topological polar surface area (TPSA) is 128 Å². The fourth-order valence-corrected chi connectivity index (χ4v) is 3.40. The van der Waals surface area contributed by atoms with Crippen LogP contribution < -0.4 is 10.4 Å². The summed E-state index contributed by atoms with van der Waals surface area (Å²) < 4.78 is 74.1. The minimum Gasteiger partial charge on any atom is -0.464 e. The number of ketones is 1. The van der Waals surface area contributed by atoms with E-state index in [0.717, 1.165) is 4.57 Å². The molecule has 0 aromatic carbocycles. The molecule has 0 unspecified atom stereocenters. The van der Waals surface area contributed by atoms with Gasteiger partial charge in [-0.2, -0.15) is 27.9 Å². The monoisotopic (exact) mass is 538 g/mol. The Hall–Kier alpha value is -3.33. The number of aliphatic hydroxyl groups excluding tert-OH is 1. The Labute approximate surface area is 204 Å². The van der Waals surface area contributed by atoms with Crippen LogP contribution in [0, 0.1) is 12.7 Å². The number of H-pyrrole nitrogens is 1. The van der Waals surface area contributed by atoms with Crippen LogP contribution in [0.2, 0.25) is 5.15 Å². The number of nitrogens with one attached hydrogen (secondary N) is 1. The second kappa shape index (κ2) is 10.7. The van der Waals surface area contributed by atoms with E-state index in [4.69, 9.17) is 21.4 Å². The number of hydrogen-bond acceptors (Lipinski definition) is 7. The van der Waals surface area contributed by atoms with Crippen LogP contribution in [0.4, 0.5) is 22.0 Å². The molecule has 10 nitrogen and oxygen atoms in total. The van der Waals surface area contributed by atoms with Gasteiger partial charge in [-0.15, -0.1) is 5.10 Å². The molecule has 3 rings (SSSR count). The molecule has 0 spiro atoms. The van der Waals surface area contributed by atoms with Gasteiger partial charge in [0.1, 0.15) is 6.67 Å². The van der Waals surface area contributed by atoms with Crippen LogP contribution in [0.5, 0.6) is 5.88 Å². The molecule has 3 aromatic heterocycles. The lowest BCUT2D eigenvalue weighted by Crippen LogP contribution is -2.32. The van der Waals surface area contributed by atoms with Crippen molar-refractivity contribution in [2.75, 3.05) is 6.61 Å². The molecule has 36 heavy (non-hydrogen) atoms. The Morgan fingerprint density at radius 3 is 2.61 bits per heavy atom. The minimum absolute atomic E-state index is 0.0510. The first kappa shape index (κ1) is 27.3. The summed E-state index contributed by atoms with van der Waals surface area (Å²) >= 11 is 5.92. The molecule has 16 heteroatoms. The summed E-state index contributed by atoms with van der Waals surface area (Å²) in [5.41, 5.74) is -1.07. The predicted molar refractivity (Wildman–Crippen MR) is 115 cm³/mol. The zero-order valence-corrected chi connectivity index (χ0v) is 19.6. The number of nitrogens with zero attached hydrogens (tertiary/aromatic N) is 5. The highest BCUT2D eigenvalue weighted by Gasteiger charge is 2.39. The molecule has 0 aliphatic rings. The van der Waals surface area contributed by atoms with Crippen molar-refractivity contribution in [2.45, 2.75) is 52.2 Å². The molecule has 0 aliphatic heterocycles. The van der Waals surface area contributed by atoms with Crippen LogP contribution in [-0.4, -0.2) is 59.3 Å². The van der Waals surface area contributed by atoms with Gasteiger partial charge in [-0.05, 0) is 26.3 Å². The Morgan fingerprint density at radius 1 is 1.36 bits per heavy atom. The van der Waals surface area contributed by atoms with Crippen LogP contribution in [0.1, 0.15) is 40.8 Å². The maximum absolute atomic E-state index is 15.1. The van der Waals surface area contributed by atoms with Crippen molar-refractivity contribution >= 4 is 17.4 Å². The first-order chi connectivity index (χ1) is 16.9. The lowest BCUT2D eigenvalue weighted by Gasteiger charge is -2.19. The summed E-state index contributed by atoms with van der Waals surface area (Å²) in [6, 6.07) is 0.556. The highest BCUT2D eigenvalue weighted by molar-refractivity contribution is 6.30. The molecule has 0 fully saturated rings. The number of pyridine rings is 1. The number of carbonyl (C=O) groups is 1. The number of aliphatic hydroxyl groups is 1. The molecule has 0 radical (unpaired) electrons. The average molecular weight is 539 g/mol. The number of ether oxygens (including phenoxy) is 1. The third kappa shape index (κ3) is 5.56. The lowest BCUT2D eigenvalue weighted by molar-refractivity contribution is -0.190. The normalized spacial score (nSPS) is 12.7. The first-order valence-corrected chi connectivity index (χ1v) is 10.8. The van der Waals surface area contributed by atoms with Gasteiger partial charge >= 0.3 is 11.9 Å². The smallest absolute Gasteiger partial charge is 0.425 e. The van der Waals surface area contributed by atoms with E-state index in [9.17, 15) is 27.2 Å². The summed E-state index contributed by atoms with van der Waals surface area (Å²) in [6.45, 7) is 0.471. The third-order valence-corrected chi connectivity index (χ3v) is 5.44. The van der Waals surface area contributed by atoms with Gasteiger partial charge in [-0.25, -0.2) is 13.6 Å². The van der Waals surface area contributed by atoms with Crippen LogP contribution in [-0.2, 0) is 19.6 Å². The number of hydrogen-bond donors (Lipinski definition) is 2. The molecule has 196 valence electrons. The second-order valence-corrected chi connectivity index (χ2v) is 8.00. The molecule has 0 saturated heterocycles. The van der Waals surface area contributed by atoms with Crippen molar-refractivity contribution in [3.8, 4) is 11.7 Å². The molecule has 0 amide bonds. The number of alkyl halides is 4. The van der Waals surface area contributed by atoms with Crippen molar-refractivity contribution in [3.63, 3.8) is 0 Å². The highest BCUT2D eigenvalue weighted by atomic mass is 35.5. The van der Waals surface area contributed by atoms with E-state index in [1.54, 1.807) is 6.92 Å². The van der Waals surface area contributed by atoms with Gasteiger partial charge in [-0.1, -0.05) is 11.6 Å². The lowest BCUT2D eigenvalue weighted by atomic mass is 10.0. The van der Waals surface area contributed by atoms with Crippen LogP contribution in [0.25, 0.3) is 5.82 Å². The quantitative estimate of drug-likeness (QED) is 0.300. The zero-order chi connectivity index (χ0) is 26.8. The molecular formula is C20H20ClF5N6O4. The van der Waals surface area contributed by atoms with Crippen molar-refractivity contribution in [3.05, 3.63) is 50.2 Å². The highest BCUT2D eigenvalue weighted by Crippen LogP contribution is 2.29. The second-order valence-electron chi connectivity index (χ2n) is 7.64. The SMILES string of the molecule is Cc1[nH]nc(Cl)c1CC(=O)c1cc(F)c(-n2nc(CF)n(CCCO)c2=O)nc1O[C@@H](C)C(F)(F)F. The molecule has 0 saturated carbocycles. The number of rotatable bonds is 10. The van der Waals surface area contributed by atoms with Gasteiger partial charge in [0.25, 0.3) is 0 Å². The fraction of sp³-hybridized carbons (Fsp3) is 0.450. The zero-order valence-electron chi connectivity index (χ0n) is 18.9. The van der Waals surface area contributed by atoms with E-state index < -0.39 is 65.8 Å². The van der Waals surface area contributed by atoms with Gasteiger partial charge in [0.05, 0.1) is 5.56 Å². The number of aryl methyl sites for hydroxylation is 1. The predicted octanol–water partition coefficient (Wildman–Crippen LogP) is 2.86. The maximum Gasteiger partial charge on any atom is 0.425 e. The van der Waals surface area contributed by atoms with Gasteiger partial charge in [0.15, 0.2) is 34.5 Å². The number of halogens is 6. The minimum atomic E-state index is -4.87. The standard InChI is InChI=1S/C20H20ClF5N6O4/c1-9-11(16(21)29-28-9)7-14(34)12-6-13(23)17(27-18(12)36-10(2)20(24,25)26)32-19(35)31(4-3-5-33)15(8-22)30-32/h6,10,33H,3-5,7-8H2,1-2H3,(H,28,29)/t10-/m0/s1. The molecular weight excluding hydrogens is 519 g/mol. The van der Waals surface area contributed by atoms with E-state index in [1.165, 1.54) is 0 Å². The molecule has 3 heterocycles. The maximum atomic E-state index is 15.1. The molecule has 1 atom stereocenters. The van der Waals surface area contributed by atoms with Gasteiger partial charge < -0.3 is 9.84 Å². The molecule has 0 aliphatic carbocycles. The molecule has 2 N–H and O–H groups in total. The van der Waals surface area contributed by atoms with Crippen LogP contribution in [0.15, 0.2) is 10.9 Å². The molecule has 3 aromatic rings. The van der Waals surface area contributed by atoms with Crippen molar-refractivity contribution in [2.24, 2.45) is 0 Å². The van der Waals surface area contributed by atoms with Crippen molar-refractivity contribution in [1.29, 1.82) is 0 Å². The first-order valence-electron chi connectivity index (χ1n) is 10.4. The van der Waals surface area contributed by atoms with Gasteiger partial charge in [-0.3, -0.25) is 14.5 Å². The molecule has 0 bridgehead atoms. The van der Waals surface area contributed by atoms with Crippen molar-refractivity contribution < 1.29 is 36.6 Å². The number of Topliss-reactive ketones (excluding diaryl/α,β-unsaturated/α-hetero) is 1. The van der Waals surface area contributed by atoms with E-state index in [-0.39, 0.29) is 30.3 Å². The summed E-state index contributed by atoms with van der Waals surface area (Å²) in [6.07, 6.45) is -7.75. The summed E-state index contributed by atoms with van der Waals surface area (Å²) in [7, 11) is 0. The number of carbonyl (C=O) groups excluding carboxylic acids is 1. The van der Waals surface area contributed by atoms with Gasteiger partial charge in [0.2, 0.25) is 5.88 Å². The average Bonchev–Trinajstić information content (AvgIpc) is 3.30. The van der Waals surface area contributed by atoms with E-state index in [0.29, 0.717) is 23.4 Å². The fourth-order valence-electron chi connectivity index (χ4n) is 3.15. The van der Waals surface area contributed by atoms with Gasteiger partial charge in [0, 0.05) is 30.8 Å². The Balaban J connectivity index is 2.13. The van der Waals surface area contributed by atoms with Crippen LogP contribution in [0.3, 0.4) is 0 Å². The van der Waals surface area contributed by atoms with Crippen molar-refractivity contribution in [1.82, 2.24) is 29.5 Å². The third-order valence-electron chi connectivity index (χ3n) is 5.13.